The van der Waals surface area contributed by atoms with E-state index in [1.807, 2.05) is 50.2 Å². The van der Waals surface area contributed by atoms with Crippen LogP contribution >= 0.6 is 11.3 Å². The number of carbonyl (C=O) groups is 1. The van der Waals surface area contributed by atoms with Gasteiger partial charge in [0.2, 0.25) is 0 Å². The zero-order chi connectivity index (χ0) is 19.2. The number of aromatic nitrogens is 1. The topological polar surface area (TPSA) is 60.9 Å². The second kappa shape index (κ2) is 8.83. The molecule has 0 fully saturated rings. The number of para-hydroxylation sites is 1. The Balaban J connectivity index is 1.72. The fourth-order valence-electron chi connectivity index (χ4n) is 2.66. The summed E-state index contributed by atoms with van der Waals surface area (Å²) < 4.78 is 17.3. The summed E-state index contributed by atoms with van der Waals surface area (Å²) in [5.41, 5.74) is 2.60. The van der Waals surface area contributed by atoms with Crippen LogP contribution in [0.25, 0.3) is 10.2 Å². The number of benzene rings is 2. The number of carbonyl (C=O) groups excluding carboxylic acids is 1. The molecule has 1 amide bonds. The van der Waals surface area contributed by atoms with Crippen LogP contribution in [0.3, 0.4) is 0 Å². The van der Waals surface area contributed by atoms with E-state index in [1.165, 1.54) is 12.0 Å². The van der Waals surface area contributed by atoms with E-state index < -0.39 is 6.09 Å². The van der Waals surface area contributed by atoms with Crippen molar-refractivity contribution in [1.82, 2.24) is 4.98 Å². The van der Waals surface area contributed by atoms with E-state index in [0.717, 1.165) is 32.2 Å². The standard InChI is InChI=1S/C20H22N2O4S/c1-4-25-13-22(20(23)24-3)17-10-9-15(11-14(17)2)26-12-19-21-16-7-5-6-8-18(16)27-19/h5-11H,4,12-13H2,1-3H3. The molecule has 0 aliphatic heterocycles. The summed E-state index contributed by atoms with van der Waals surface area (Å²) in [6, 6.07) is 13.6. The van der Waals surface area contributed by atoms with E-state index in [9.17, 15) is 4.79 Å². The van der Waals surface area contributed by atoms with Crippen molar-refractivity contribution in [3.63, 3.8) is 0 Å². The molecule has 27 heavy (non-hydrogen) atoms. The lowest BCUT2D eigenvalue weighted by molar-refractivity contribution is 0.130. The Labute approximate surface area is 162 Å². The van der Waals surface area contributed by atoms with Gasteiger partial charge in [0, 0.05) is 6.61 Å². The minimum absolute atomic E-state index is 0.135. The van der Waals surface area contributed by atoms with Crippen molar-refractivity contribution in [3.05, 3.63) is 53.0 Å². The van der Waals surface area contributed by atoms with Crippen LogP contribution in [0.15, 0.2) is 42.5 Å². The van der Waals surface area contributed by atoms with Gasteiger partial charge >= 0.3 is 6.09 Å². The number of methoxy groups -OCH3 is 1. The molecule has 0 radical (unpaired) electrons. The van der Waals surface area contributed by atoms with E-state index in [0.29, 0.717) is 13.2 Å². The van der Waals surface area contributed by atoms with Crippen LogP contribution in [0.4, 0.5) is 10.5 Å². The molecular weight excluding hydrogens is 364 g/mol. The number of fused-ring (bicyclic) bond motifs is 1. The molecule has 7 heteroatoms. The van der Waals surface area contributed by atoms with Gasteiger partial charge < -0.3 is 14.2 Å². The minimum Gasteiger partial charge on any atom is -0.486 e. The van der Waals surface area contributed by atoms with Crippen LogP contribution < -0.4 is 9.64 Å². The lowest BCUT2D eigenvalue weighted by atomic mass is 10.2. The highest BCUT2D eigenvalue weighted by molar-refractivity contribution is 7.18. The Kier molecular flexibility index (Phi) is 6.26. The summed E-state index contributed by atoms with van der Waals surface area (Å²) in [6.45, 7) is 4.84. The van der Waals surface area contributed by atoms with Gasteiger partial charge in [0.25, 0.3) is 0 Å². The molecule has 0 aliphatic carbocycles. The summed E-state index contributed by atoms with van der Waals surface area (Å²) in [5.74, 6) is 0.719. The molecule has 0 saturated carbocycles. The van der Waals surface area contributed by atoms with Gasteiger partial charge in [-0.05, 0) is 49.7 Å². The fraction of sp³-hybridized carbons (Fsp3) is 0.300. The molecule has 0 N–H and O–H groups in total. The van der Waals surface area contributed by atoms with Crippen molar-refractivity contribution in [1.29, 1.82) is 0 Å². The Hall–Kier alpha value is -2.64. The zero-order valence-corrected chi connectivity index (χ0v) is 16.4. The maximum Gasteiger partial charge on any atom is 0.415 e. The molecule has 1 heterocycles. The highest BCUT2D eigenvalue weighted by atomic mass is 32.1. The molecule has 2 aromatic carbocycles. The fourth-order valence-corrected chi connectivity index (χ4v) is 3.54. The number of aryl methyl sites for hydroxylation is 1. The SMILES string of the molecule is CCOCN(C(=O)OC)c1ccc(OCc2nc3ccccc3s2)cc1C. The average Bonchev–Trinajstić information content (AvgIpc) is 3.10. The van der Waals surface area contributed by atoms with E-state index >= 15 is 0 Å². The van der Waals surface area contributed by atoms with Gasteiger partial charge in [-0.1, -0.05) is 12.1 Å². The summed E-state index contributed by atoms with van der Waals surface area (Å²) >= 11 is 1.62. The molecule has 0 bridgehead atoms. The first kappa shape index (κ1) is 19.1. The van der Waals surface area contributed by atoms with Gasteiger partial charge in [-0.2, -0.15) is 0 Å². The predicted octanol–water partition coefficient (Wildman–Crippen LogP) is 4.75. The summed E-state index contributed by atoms with van der Waals surface area (Å²) in [6.07, 6.45) is -0.463. The summed E-state index contributed by atoms with van der Waals surface area (Å²) in [7, 11) is 1.35. The number of ether oxygens (including phenoxy) is 3. The van der Waals surface area contributed by atoms with Crippen LogP contribution in [0.2, 0.25) is 0 Å². The van der Waals surface area contributed by atoms with Crippen molar-refractivity contribution in [3.8, 4) is 5.75 Å². The molecule has 0 aliphatic rings. The Morgan fingerprint density at radius 1 is 1.22 bits per heavy atom. The normalized spacial score (nSPS) is 10.8. The van der Waals surface area contributed by atoms with E-state index in [2.05, 4.69) is 11.1 Å². The monoisotopic (exact) mass is 386 g/mol. The first-order valence-corrected chi connectivity index (χ1v) is 9.45. The van der Waals surface area contributed by atoms with Crippen molar-refractivity contribution in [2.24, 2.45) is 0 Å². The van der Waals surface area contributed by atoms with Crippen LogP contribution in [0.1, 0.15) is 17.5 Å². The Morgan fingerprint density at radius 2 is 2.04 bits per heavy atom. The van der Waals surface area contributed by atoms with Crippen LogP contribution in [-0.4, -0.2) is 31.5 Å². The molecule has 0 spiro atoms. The van der Waals surface area contributed by atoms with Gasteiger partial charge in [0.1, 0.15) is 24.1 Å². The second-order valence-corrected chi connectivity index (χ2v) is 6.95. The highest BCUT2D eigenvalue weighted by Gasteiger charge is 2.18. The van der Waals surface area contributed by atoms with Crippen molar-refractivity contribution < 1.29 is 19.0 Å². The number of hydrogen-bond donors (Lipinski definition) is 0. The molecular formula is C20H22N2O4S. The predicted molar refractivity (Wildman–Crippen MR) is 107 cm³/mol. The molecule has 6 nitrogen and oxygen atoms in total. The lowest BCUT2D eigenvalue weighted by Crippen LogP contribution is -2.33. The summed E-state index contributed by atoms with van der Waals surface area (Å²) in [5, 5.41) is 0.922. The second-order valence-electron chi connectivity index (χ2n) is 5.83. The number of hydrogen-bond acceptors (Lipinski definition) is 6. The smallest absolute Gasteiger partial charge is 0.415 e. The Bertz CT molecular complexity index is 892. The molecule has 0 unspecified atom stereocenters. The van der Waals surface area contributed by atoms with Crippen molar-refractivity contribution >= 4 is 33.3 Å². The first-order chi connectivity index (χ1) is 13.1. The van der Waals surface area contributed by atoms with E-state index in [-0.39, 0.29) is 6.73 Å². The maximum absolute atomic E-state index is 12.0. The molecule has 0 atom stereocenters. The third-order valence-electron chi connectivity index (χ3n) is 3.98. The number of rotatable bonds is 7. The van der Waals surface area contributed by atoms with E-state index in [1.54, 1.807) is 11.3 Å². The van der Waals surface area contributed by atoms with Crippen LogP contribution in [0, 0.1) is 6.92 Å². The molecule has 3 aromatic rings. The van der Waals surface area contributed by atoms with Crippen molar-refractivity contribution in [2.45, 2.75) is 20.5 Å². The maximum atomic E-state index is 12.0. The molecule has 0 saturated heterocycles. The molecule has 3 rings (SSSR count). The largest absolute Gasteiger partial charge is 0.486 e. The van der Waals surface area contributed by atoms with Crippen LogP contribution in [0.5, 0.6) is 5.75 Å². The van der Waals surface area contributed by atoms with Gasteiger partial charge in [0.05, 0.1) is 23.0 Å². The van der Waals surface area contributed by atoms with E-state index in [4.69, 9.17) is 14.2 Å². The van der Waals surface area contributed by atoms with Gasteiger partial charge in [-0.3, -0.25) is 4.90 Å². The first-order valence-electron chi connectivity index (χ1n) is 8.63. The summed E-state index contributed by atoms with van der Waals surface area (Å²) in [4.78, 5) is 18.1. The molecule has 142 valence electrons. The quantitative estimate of drug-likeness (QED) is 0.548. The molecule has 1 aromatic heterocycles. The van der Waals surface area contributed by atoms with Gasteiger partial charge in [-0.15, -0.1) is 11.3 Å². The zero-order valence-electron chi connectivity index (χ0n) is 15.6. The van der Waals surface area contributed by atoms with Gasteiger partial charge in [0.15, 0.2) is 0 Å². The lowest BCUT2D eigenvalue weighted by Gasteiger charge is -2.23. The number of thiazole rings is 1. The number of anilines is 1. The number of nitrogens with zero attached hydrogens (tertiary/aromatic N) is 2. The average molecular weight is 386 g/mol. The number of amides is 1. The highest BCUT2D eigenvalue weighted by Crippen LogP contribution is 2.27. The third-order valence-corrected chi connectivity index (χ3v) is 4.99. The van der Waals surface area contributed by atoms with Gasteiger partial charge in [-0.25, -0.2) is 9.78 Å². The Morgan fingerprint density at radius 3 is 2.74 bits per heavy atom. The minimum atomic E-state index is -0.463. The van der Waals surface area contributed by atoms with Crippen molar-refractivity contribution in [2.75, 3.05) is 25.3 Å². The van der Waals surface area contributed by atoms with Crippen LogP contribution in [-0.2, 0) is 16.1 Å². The third kappa shape index (κ3) is 4.56.